The number of nitriles is 1. The fourth-order valence-corrected chi connectivity index (χ4v) is 2.38. The molecule has 1 aromatic carbocycles. The number of hydrogen-bond acceptors (Lipinski definition) is 6. The van der Waals surface area contributed by atoms with Gasteiger partial charge in [0.1, 0.15) is 6.07 Å². The summed E-state index contributed by atoms with van der Waals surface area (Å²) in [6, 6.07) is 12.8. The number of likely N-dealkylation sites (N-methyl/N-ethyl adjacent to an activating group) is 1. The highest BCUT2D eigenvalue weighted by Gasteiger charge is 2.11. The lowest BCUT2D eigenvalue weighted by Crippen LogP contribution is -2.30. The van der Waals surface area contributed by atoms with Gasteiger partial charge < -0.3 is 10.2 Å². The summed E-state index contributed by atoms with van der Waals surface area (Å²) >= 11 is 1.58. The van der Waals surface area contributed by atoms with Crippen LogP contribution in [0.15, 0.2) is 41.3 Å². The van der Waals surface area contributed by atoms with E-state index in [2.05, 4.69) is 15.5 Å². The van der Waals surface area contributed by atoms with Gasteiger partial charge in [0.15, 0.2) is 11.5 Å². The van der Waals surface area contributed by atoms with Gasteiger partial charge >= 0.3 is 0 Å². The Morgan fingerprint density at radius 1 is 1.32 bits per heavy atom. The number of benzene rings is 1. The Labute approximate surface area is 133 Å². The lowest BCUT2D eigenvalue weighted by molar-refractivity contribution is -0.114. The molecule has 0 aliphatic rings. The summed E-state index contributed by atoms with van der Waals surface area (Å²) < 4.78 is 0. The van der Waals surface area contributed by atoms with E-state index in [0.717, 1.165) is 10.6 Å². The molecule has 2 rings (SSSR count). The van der Waals surface area contributed by atoms with Crippen molar-refractivity contribution < 1.29 is 4.79 Å². The van der Waals surface area contributed by atoms with Gasteiger partial charge in [-0.05, 0) is 30.5 Å². The minimum Gasteiger partial charge on any atom is -0.349 e. The molecule has 7 heteroatoms. The van der Waals surface area contributed by atoms with Gasteiger partial charge in [-0.1, -0.05) is 12.1 Å². The van der Waals surface area contributed by atoms with Gasteiger partial charge in [-0.15, -0.1) is 22.0 Å². The zero-order valence-corrected chi connectivity index (χ0v) is 13.1. The zero-order valence-electron chi connectivity index (χ0n) is 12.3. The van der Waals surface area contributed by atoms with Gasteiger partial charge in [0.2, 0.25) is 5.91 Å². The molecular formula is C15H15N5OS. The summed E-state index contributed by atoms with van der Waals surface area (Å²) in [4.78, 5) is 14.8. The number of thioether (sulfide) groups is 1. The molecule has 0 radical (unpaired) electrons. The van der Waals surface area contributed by atoms with Crippen molar-refractivity contribution in [1.29, 1.82) is 5.26 Å². The topological polar surface area (TPSA) is 81.9 Å². The number of hydrogen-bond donors (Lipinski definition) is 1. The Balaban J connectivity index is 2.00. The maximum absolute atomic E-state index is 12.1. The molecular weight excluding hydrogens is 298 g/mol. The molecule has 2 aromatic rings. The summed E-state index contributed by atoms with van der Waals surface area (Å²) in [6.07, 6.45) is 1.96. The Morgan fingerprint density at radius 3 is 2.73 bits per heavy atom. The monoisotopic (exact) mass is 313 g/mol. The second-order valence-electron chi connectivity index (χ2n) is 4.49. The summed E-state index contributed by atoms with van der Waals surface area (Å²) in [5, 5.41) is 19.2. The number of para-hydroxylation sites is 1. The Morgan fingerprint density at radius 2 is 2.09 bits per heavy atom. The van der Waals surface area contributed by atoms with E-state index in [1.54, 1.807) is 35.8 Å². The Bertz CT molecular complexity index is 696. The highest BCUT2D eigenvalue weighted by Crippen LogP contribution is 2.24. The summed E-state index contributed by atoms with van der Waals surface area (Å²) in [7, 11) is 1.75. The van der Waals surface area contributed by atoms with Crippen molar-refractivity contribution in [2.24, 2.45) is 0 Å². The molecule has 0 saturated carbocycles. The first-order valence-corrected chi connectivity index (χ1v) is 7.74. The lowest BCUT2D eigenvalue weighted by Gasteiger charge is -2.17. The van der Waals surface area contributed by atoms with Crippen LogP contribution in [0.3, 0.4) is 0 Å². The van der Waals surface area contributed by atoms with Crippen molar-refractivity contribution >= 4 is 29.2 Å². The Kier molecular flexibility index (Phi) is 5.33. The summed E-state index contributed by atoms with van der Waals surface area (Å²) in [6.45, 7) is 0.142. The molecule has 0 fully saturated rings. The molecule has 0 unspecified atom stereocenters. The second-order valence-corrected chi connectivity index (χ2v) is 5.34. The van der Waals surface area contributed by atoms with Crippen LogP contribution in [0.25, 0.3) is 0 Å². The largest absolute Gasteiger partial charge is 0.349 e. The first-order chi connectivity index (χ1) is 10.6. The molecule has 0 spiro atoms. The maximum atomic E-state index is 12.1. The van der Waals surface area contributed by atoms with Gasteiger partial charge in [0, 0.05) is 11.9 Å². The van der Waals surface area contributed by atoms with E-state index in [-0.39, 0.29) is 18.1 Å². The van der Waals surface area contributed by atoms with E-state index in [1.165, 1.54) is 0 Å². The number of carbonyl (C=O) groups is 1. The van der Waals surface area contributed by atoms with Crippen LogP contribution >= 0.6 is 11.8 Å². The molecule has 1 N–H and O–H groups in total. The molecule has 0 aliphatic carbocycles. The fourth-order valence-electron chi connectivity index (χ4n) is 1.82. The van der Waals surface area contributed by atoms with E-state index in [1.807, 2.05) is 36.6 Å². The average molecular weight is 313 g/mol. The third kappa shape index (κ3) is 3.96. The zero-order chi connectivity index (χ0) is 15.9. The molecule has 0 aliphatic heterocycles. The van der Waals surface area contributed by atoms with E-state index in [4.69, 9.17) is 5.26 Å². The van der Waals surface area contributed by atoms with Crippen LogP contribution in [0.5, 0.6) is 0 Å². The van der Waals surface area contributed by atoms with Crippen LogP contribution in [-0.4, -0.2) is 36.0 Å². The molecule has 1 heterocycles. The predicted octanol–water partition coefficient (Wildman–Crippen LogP) is 2.15. The molecule has 112 valence electrons. The minimum absolute atomic E-state index is 0.142. The van der Waals surface area contributed by atoms with Crippen molar-refractivity contribution in [2.75, 3.05) is 30.1 Å². The highest BCUT2D eigenvalue weighted by molar-refractivity contribution is 7.98. The normalized spacial score (nSPS) is 9.86. The van der Waals surface area contributed by atoms with Crippen molar-refractivity contribution in [3.63, 3.8) is 0 Å². The van der Waals surface area contributed by atoms with Crippen LogP contribution in [-0.2, 0) is 4.79 Å². The van der Waals surface area contributed by atoms with Crippen LogP contribution in [0, 0.1) is 11.3 Å². The number of rotatable bonds is 5. The molecule has 1 amide bonds. The van der Waals surface area contributed by atoms with Crippen LogP contribution < -0.4 is 10.2 Å². The molecule has 0 saturated heterocycles. The number of carbonyl (C=O) groups excluding carboxylic acids is 1. The van der Waals surface area contributed by atoms with E-state index in [9.17, 15) is 4.79 Å². The number of anilines is 2. The van der Waals surface area contributed by atoms with E-state index in [0.29, 0.717) is 5.82 Å². The molecule has 0 atom stereocenters. The first kappa shape index (κ1) is 15.8. The third-order valence-corrected chi connectivity index (χ3v) is 3.71. The summed E-state index contributed by atoms with van der Waals surface area (Å²) in [5.74, 6) is 0.391. The summed E-state index contributed by atoms with van der Waals surface area (Å²) in [5.41, 5.74) is 1.04. The van der Waals surface area contributed by atoms with Crippen molar-refractivity contribution in [2.45, 2.75) is 4.90 Å². The quantitative estimate of drug-likeness (QED) is 0.852. The number of amides is 1. The second kappa shape index (κ2) is 7.43. The number of aromatic nitrogens is 2. The molecule has 1 aromatic heterocycles. The van der Waals surface area contributed by atoms with Gasteiger partial charge in [0.25, 0.3) is 0 Å². The molecule has 22 heavy (non-hydrogen) atoms. The third-order valence-electron chi connectivity index (χ3n) is 2.92. The lowest BCUT2D eigenvalue weighted by atomic mass is 10.3. The van der Waals surface area contributed by atoms with Gasteiger partial charge in [-0.3, -0.25) is 4.79 Å². The first-order valence-electron chi connectivity index (χ1n) is 6.52. The van der Waals surface area contributed by atoms with Gasteiger partial charge in [-0.2, -0.15) is 5.26 Å². The highest BCUT2D eigenvalue weighted by atomic mass is 32.2. The van der Waals surface area contributed by atoms with Gasteiger partial charge in [-0.25, -0.2) is 0 Å². The van der Waals surface area contributed by atoms with Crippen molar-refractivity contribution in [3.05, 3.63) is 42.1 Å². The minimum atomic E-state index is -0.143. The van der Waals surface area contributed by atoms with Crippen molar-refractivity contribution in [3.8, 4) is 6.07 Å². The number of nitrogens with one attached hydrogen (secondary N) is 1. The molecule has 0 bridgehead atoms. The standard InChI is InChI=1S/C15H15N5OS/c1-20(14-8-7-11(9-16)18-19-14)10-15(21)17-12-5-3-4-6-13(12)22-2/h3-8H,10H2,1-2H3,(H,17,21). The predicted molar refractivity (Wildman–Crippen MR) is 86.9 cm³/mol. The SMILES string of the molecule is CSc1ccccc1NC(=O)CN(C)c1ccc(C#N)nn1. The average Bonchev–Trinajstić information content (AvgIpc) is 2.55. The van der Waals surface area contributed by atoms with Crippen LogP contribution in [0.2, 0.25) is 0 Å². The maximum Gasteiger partial charge on any atom is 0.243 e. The van der Waals surface area contributed by atoms with Crippen LogP contribution in [0.4, 0.5) is 11.5 Å². The van der Waals surface area contributed by atoms with E-state index < -0.39 is 0 Å². The van der Waals surface area contributed by atoms with Gasteiger partial charge in [0.05, 0.1) is 12.2 Å². The number of nitrogens with zero attached hydrogens (tertiary/aromatic N) is 4. The Hall–Kier alpha value is -2.59. The molecule has 6 nitrogen and oxygen atoms in total. The van der Waals surface area contributed by atoms with E-state index >= 15 is 0 Å². The fraction of sp³-hybridized carbons (Fsp3) is 0.200. The van der Waals surface area contributed by atoms with Crippen LogP contribution in [0.1, 0.15) is 5.69 Å². The smallest absolute Gasteiger partial charge is 0.243 e. The van der Waals surface area contributed by atoms with Crippen molar-refractivity contribution in [1.82, 2.24) is 10.2 Å².